The summed E-state index contributed by atoms with van der Waals surface area (Å²) in [6, 6.07) is 5.16. The third-order valence-corrected chi connectivity index (χ3v) is 2.98. The second-order valence-corrected chi connectivity index (χ2v) is 4.39. The van der Waals surface area contributed by atoms with Crippen molar-refractivity contribution in [3.05, 3.63) is 29.8 Å². The summed E-state index contributed by atoms with van der Waals surface area (Å²) in [5, 5.41) is 11.7. The van der Waals surface area contributed by atoms with Crippen LogP contribution in [0.5, 0.6) is 5.75 Å². The Morgan fingerprint density at radius 2 is 2.05 bits per heavy atom. The van der Waals surface area contributed by atoms with Crippen LogP contribution in [-0.2, 0) is 16.0 Å². The Morgan fingerprint density at radius 1 is 1.42 bits per heavy atom. The van der Waals surface area contributed by atoms with E-state index in [4.69, 9.17) is 5.84 Å². The van der Waals surface area contributed by atoms with Crippen molar-refractivity contribution in [3.63, 3.8) is 0 Å². The number of phenolic OH excluding ortho intramolecular Hbond substituents is 1. The van der Waals surface area contributed by atoms with E-state index in [0.29, 0.717) is 12.7 Å². The van der Waals surface area contributed by atoms with Crippen LogP contribution in [0.2, 0.25) is 0 Å². The zero-order valence-corrected chi connectivity index (χ0v) is 11.1. The first-order valence-electron chi connectivity index (χ1n) is 5.71. The van der Waals surface area contributed by atoms with Crippen LogP contribution >= 0.6 is 12.6 Å². The van der Waals surface area contributed by atoms with Crippen molar-refractivity contribution in [2.24, 2.45) is 5.84 Å². The molecule has 0 fully saturated rings. The fraction of sp³-hybridized carbons (Fsp3) is 0.333. The number of hydrazine groups is 1. The van der Waals surface area contributed by atoms with E-state index >= 15 is 0 Å². The van der Waals surface area contributed by atoms with Crippen molar-refractivity contribution < 1.29 is 14.7 Å². The molecule has 0 bridgehead atoms. The van der Waals surface area contributed by atoms with Gasteiger partial charge in [0.2, 0.25) is 5.91 Å². The number of hydrogen-bond acceptors (Lipinski definition) is 6. The van der Waals surface area contributed by atoms with Gasteiger partial charge in [-0.1, -0.05) is 12.1 Å². The Labute approximate surface area is 116 Å². The topological polar surface area (TPSA) is 104 Å². The molecule has 0 saturated carbocycles. The normalized spacial score (nSPS) is 13.6. The lowest BCUT2D eigenvalue weighted by Gasteiger charge is -2.18. The standard InChI is InChI=1S/C12H17N3O3S/c13-15-11(12(18)14-9(6-16)7-19)5-8-1-3-10(17)4-2-8/h1-4,6,9,11,15,17,19H,5,7,13H2,(H,14,18)/t9-,11+/m1/s1. The van der Waals surface area contributed by atoms with Crippen LogP contribution < -0.4 is 16.6 Å². The number of nitrogens with one attached hydrogen (secondary N) is 2. The molecule has 6 nitrogen and oxygen atoms in total. The number of thiol groups is 1. The molecule has 19 heavy (non-hydrogen) atoms. The highest BCUT2D eigenvalue weighted by Gasteiger charge is 2.19. The summed E-state index contributed by atoms with van der Waals surface area (Å²) in [6.07, 6.45) is 0.972. The van der Waals surface area contributed by atoms with Gasteiger partial charge >= 0.3 is 0 Å². The SMILES string of the molecule is NN[C@@H](Cc1ccc(O)cc1)C(=O)N[C@H](C=O)CS. The first-order chi connectivity index (χ1) is 9.10. The Balaban J connectivity index is 2.64. The van der Waals surface area contributed by atoms with Crippen LogP contribution in [0.1, 0.15) is 5.56 Å². The van der Waals surface area contributed by atoms with Crippen molar-refractivity contribution in [1.29, 1.82) is 0 Å². The molecular formula is C12H17N3O3S. The largest absolute Gasteiger partial charge is 0.508 e. The molecule has 0 saturated heterocycles. The first-order valence-corrected chi connectivity index (χ1v) is 6.34. The fourth-order valence-electron chi connectivity index (χ4n) is 1.50. The maximum Gasteiger partial charge on any atom is 0.239 e. The summed E-state index contributed by atoms with van der Waals surface area (Å²) >= 11 is 3.95. The number of carbonyl (C=O) groups excluding carboxylic acids is 2. The maximum absolute atomic E-state index is 11.9. The summed E-state index contributed by atoms with van der Waals surface area (Å²) in [5.41, 5.74) is 3.24. The van der Waals surface area contributed by atoms with E-state index in [1.807, 2.05) is 0 Å². The Hall–Kier alpha value is -1.57. The number of aldehydes is 1. The van der Waals surface area contributed by atoms with Crippen LogP contribution in [0.4, 0.5) is 0 Å². The molecule has 0 heterocycles. The molecule has 1 aromatic rings. The van der Waals surface area contributed by atoms with Gasteiger partial charge in [-0.2, -0.15) is 12.6 Å². The smallest absolute Gasteiger partial charge is 0.239 e. The van der Waals surface area contributed by atoms with Crippen molar-refractivity contribution in [2.45, 2.75) is 18.5 Å². The zero-order valence-electron chi connectivity index (χ0n) is 10.2. The van der Waals surface area contributed by atoms with Gasteiger partial charge in [0.25, 0.3) is 0 Å². The number of aromatic hydroxyl groups is 1. The van der Waals surface area contributed by atoms with Crippen molar-refractivity contribution >= 4 is 24.8 Å². The summed E-state index contributed by atoms with van der Waals surface area (Å²) in [6.45, 7) is 0. The lowest BCUT2D eigenvalue weighted by Crippen LogP contribution is -2.52. The van der Waals surface area contributed by atoms with E-state index in [1.165, 1.54) is 12.1 Å². The molecule has 0 aliphatic rings. The molecule has 104 valence electrons. The van der Waals surface area contributed by atoms with Crippen LogP contribution in [0, 0.1) is 0 Å². The average molecular weight is 283 g/mol. The molecule has 0 spiro atoms. The highest BCUT2D eigenvalue weighted by Crippen LogP contribution is 2.11. The van der Waals surface area contributed by atoms with Gasteiger partial charge in [-0.25, -0.2) is 5.43 Å². The number of rotatable bonds is 7. The Bertz CT molecular complexity index is 425. The molecular weight excluding hydrogens is 266 g/mol. The highest BCUT2D eigenvalue weighted by atomic mass is 32.1. The Morgan fingerprint density at radius 3 is 2.53 bits per heavy atom. The van der Waals surface area contributed by atoms with E-state index in [0.717, 1.165) is 5.56 Å². The van der Waals surface area contributed by atoms with E-state index in [2.05, 4.69) is 23.4 Å². The molecule has 5 N–H and O–H groups in total. The minimum atomic E-state index is -0.660. The number of amides is 1. The molecule has 2 atom stereocenters. The van der Waals surface area contributed by atoms with Crippen LogP contribution in [0.15, 0.2) is 24.3 Å². The second-order valence-electron chi connectivity index (χ2n) is 4.02. The van der Waals surface area contributed by atoms with Crippen LogP contribution in [0.3, 0.4) is 0 Å². The molecule has 1 rings (SSSR count). The van der Waals surface area contributed by atoms with Gasteiger partial charge in [-0.15, -0.1) is 0 Å². The second kappa shape index (κ2) is 7.78. The van der Waals surface area contributed by atoms with Crippen molar-refractivity contribution in [3.8, 4) is 5.75 Å². The molecule has 0 aromatic heterocycles. The lowest BCUT2D eigenvalue weighted by atomic mass is 10.1. The summed E-state index contributed by atoms with van der Waals surface area (Å²) in [4.78, 5) is 22.5. The van der Waals surface area contributed by atoms with Crippen LogP contribution in [0.25, 0.3) is 0 Å². The van der Waals surface area contributed by atoms with Gasteiger partial charge in [0.15, 0.2) is 0 Å². The number of benzene rings is 1. The summed E-state index contributed by atoms with van der Waals surface area (Å²) in [7, 11) is 0. The monoisotopic (exact) mass is 283 g/mol. The quantitative estimate of drug-likeness (QED) is 0.199. The van der Waals surface area contributed by atoms with Gasteiger partial charge < -0.3 is 15.2 Å². The van der Waals surface area contributed by atoms with Gasteiger partial charge in [0, 0.05) is 5.75 Å². The van der Waals surface area contributed by atoms with E-state index < -0.39 is 12.1 Å². The molecule has 7 heteroatoms. The van der Waals surface area contributed by atoms with E-state index in [-0.39, 0.29) is 17.4 Å². The van der Waals surface area contributed by atoms with Gasteiger partial charge in [0.05, 0.1) is 6.04 Å². The molecule has 1 aromatic carbocycles. The lowest BCUT2D eigenvalue weighted by molar-refractivity contribution is -0.125. The average Bonchev–Trinajstić information content (AvgIpc) is 2.43. The van der Waals surface area contributed by atoms with Crippen molar-refractivity contribution in [2.75, 3.05) is 5.75 Å². The summed E-state index contributed by atoms with van der Waals surface area (Å²) < 4.78 is 0. The first kappa shape index (κ1) is 15.5. The van der Waals surface area contributed by atoms with Gasteiger partial charge in [-0.05, 0) is 24.1 Å². The highest BCUT2D eigenvalue weighted by molar-refractivity contribution is 7.80. The summed E-state index contributed by atoms with van der Waals surface area (Å²) in [5.74, 6) is 5.35. The zero-order chi connectivity index (χ0) is 14.3. The third-order valence-electron chi connectivity index (χ3n) is 2.58. The molecule has 1 amide bonds. The molecule has 0 radical (unpaired) electrons. The Kier molecular flexibility index (Phi) is 6.34. The predicted molar refractivity (Wildman–Crippen MR) is 74.8 cm³/mol. The molecule has 0 aliphatic heterocycles. The van der Waals surface area contributed by atoms with Crippen LogP contribution in [-0.4, -0.2) is 35.1 Å². The third kappa shape index (κ3) is 4.90. The van der Waals surface area contributed by atoms with Gasteiger partial charge in [0.1, 0.15) is 18.1 Å². The molecule has 0 unspecified atom stereocenters. The number of hydrogen-bond donors (Lipinski definition) is 5. The minimum absolute atomic E-state index is 0.154. The predicted octanol–water partition coefficient (Wildman–Crippen LogP) is -0.620. The number of carbonyl (C=O) groups is 2. The van der Waals surface area contributed by atoms with Gasteiger partial charge in [-0.3, -0.25) is 10.6 Å². The number of nitrogens with two attached hydrogens (primary N) is 1. The molecule has 0 aliphatic carbocycles. The fourth-order valence-corrected chi connectivity index (χ4v) is 1.68. The minimum Gasteiger partial charge on any atom is -0.508 e. The maximum atomic E-state index is 11.9. The number of phenols is 1. The van der Waals surface area contributed by atoms with E-state index in [1.54, 1.807) is 12.1 Å². The van der Waals surface area contributed by atoms with Crippen molar-refractivity contribution in [1.82, 2.24) is 10.7 Å². The van der Waals surface area contributed by atoms with E-state index in [9.17, 15) is 14.7 Å².